The third-order valence-electron chi connectivity index (χ3n) is 3.35. The van der Waals surface area contributed by atoms with Gasteiger partial charge in [-0.1, -0.05) is 23.8 Å². The van der Waals surface area contributed by atoms with E-state index in [2.05, 4.69) is 48.0 Å². The Bertz CT molecular complexity index is 555. The van der Waals surface area contributed by atoms with E-state index < -0.39 is 0 Å². The largest absolute Gasteiger partial charge is 0.356 e. The summed E-state index contributed by atoms with van der Waals surface area (Å²) in [6, 6.07) is 8.54. The zero-order valence-corrected chi connectivity index (χ0v) is 10.3. The topological polar surface area (TPSA) is 29.9 Å². The average molecular weight is 227 g/mol. The highest BCUT2D eigenvalue weighted by Crippen LogP contribution is 2.28. The Balaban J connectivity index is 2.12. The van der Waals surface area contributed by atoms with Gasteiger partial charge in [-0.05, 0) is 26.3 Å². The maximum absolute atomic E-state index is 4.71. The number of imidazole rings is 1. The normalized spacial score (nSPS) is 14.2. The highest BCUT2D eigenvalue weighted by atomic mass is 15.2. The summed E-state index contributed by atoms with van der Waals surface area (Å²) in [5.41, 5.74) is 4.86. The molecule has 0 radical (unpaired) electrons. The summed E-state index contributed by atoms with van der Waals surface area (Å²) in [7, 11) is 0. The van der Waals surface area contributed by atoms with Crippen LogP contribution in [0.1, 0.15) is 17.7 Å². The maximum Gasteiger partial charge on any atom is 0.203 e. The molecule has 0 bridgehead atoms. The Kier molecular flexibility index (Phi) is 2.39. The number of nitrogens with zero attached hydrogens (tertiary/aromatic N) is 2. The second kappa shape index (κ2) is 3.91. The van der Waals surface area contributed by atoms with Gasteiger partial charge in [0.1, 0.15) is 0 Å². The fourth-order valence-corrected chi connectivity index (χ4v) is 2.45. The summed E-state index contributed by atoms with van der Waals surface area (Å²) in [4.78, 5) is 4.71. The van der Waals surface area contributed by atoms with Gasteiger partial charge in [0.05, 0.1) is 5.69 Å². The van der Waals surface area contributed by atoms with Crippen molar-refractivity contribution >= 4 is 5.95 Å². The van der Waals surface area contributed by atoms with E-state index in [4.69, 9.17) is 4.98 Å². The van der Waals surface area contributed by atoms with E-state index >= 15 is 0 Å². The summed E-state index contributed by atoms with van der Waals surface area (Å²) in [6.07, 6.45) is 1.18. The molecule has 0 saturated carbocycles. The van der Waals surface area contributed by atoms with Crippen LogP contribution < -0.4 is 5.32 Å². The number of aryl methyl sites for hydroxylation is 1. The van der Waals surface area contributed by atoms with Gasteiger partial charge in [0.25, 0.3) is 0 Å². The van der Waals surface area contributed by atoms with Crippen LogP contribution in [0.4, 0.5) is 5.95 Å². The molecule has 1 aliphatic rings. The van der Waals surface area contributed by atoms with Crippen molar-refractivity contribution in [2.45, 2.75) is 26.8 Å². The van der Waals surface area contributed by atoms with Crippen molar-refractivity contribution in [2.75, 3.05) is 11.9 Å². The lowest BCUT2D eigenvalue weighted by atomic mass is 10.1. The van der Waals surface area contributed by atoms with Crippen LogP contribution in [0.15, 0.2) is 24.3 Å². The number of hydrogen-bond acceptors (Lipinski definition) is 2. The highest BCUT2D eigenvalue weighted by molar-refractivity contribution is 5.65. The summed E-state index contributed by atoms with van der Waals surface area (Å²) in [5, 5.41) is 3.36. The maximum atomic E-state index is 4.71. The van der Waals surface area contributed by atoms with E-state index in [0.29, 0.717) is 0 Å². The molecule has 0 unspecified atom stereocenters. The average Bonchev–Trinajstić information content (AvgIpc) is 2.68. The number of nitrogens with one attached hydrogen (secondary N) is 1. The van der Waals surface area contributed by atoms with Gasteiger partial charge in [-0.3, -0.25) is 0 Å². The van der Waals surface area contributed by atoms with Crippen LogP contribution in [0.5, 0.6) is 0 Å². The lowest BCUT2D eigenvalue weighted by molar-refractivity contribution is 0.615. The molecule has 3 rings (SSSR count). The van der Waals surface area contributed by atoms with Crippen molar-refractivity contribution in [1.29, 1.82) is 0 Å². The summed E-state index contributed by atoms with van der Waals surface area (Å²) in [5.74, 6) is 1.02. The number of benzene rings is 1. The molecule has 0 saturated heterocycles. The number of anilines is 1. The Morgan fingerprint density at radius 1 is 1.29 bits per heavy atom. The fourth-order valence-electron chi connectivity index (χ4n) is 2.45. The van der Waals surface area contributed by atoms with Gasteiger partial charge in [0, 0.05) is 24.3 Å². The Hall–Kier alpha value is -1.77. The van der Waals surface area contributed by atoms with E-state index in [1.807, 2.05) is 0 Å². The monoisotopic (exact) mass is 227 g/mol. The van der Waals surface area contributed by atoms with Crippen molar-refractivity contribution in [2.24, 2.45) is 0 Å². The second-order valence-corrected chi connectivity index (χ2v) is 4.67. The lowest BCUT2D eigenvalue weighted by Gasteiger charge is -2.16. The smallest absolute Gasteiger partial charge is 0.203 e. The number of fused-ring (bicyclic) bond motifs is 1. The van der Waals surface area contributed by atoms with E-state index in [9.17, 15) is 0 Å². The molecule has 3 nitrogen and oxygen atoms in total. The van der Waals surface area contributed by atoms with Crippen LogP contribution in [0.2, 0.25) is 0 Å². The van der Waals surface area contributed by atoms with Crippen LogP contribution in [0.3, 0.4) is 0 Å². The molecule has 1 aromatic heterocycles. The SMILES string of the molecule is Cc1cccc(-c2nc3n(c2C)CCCN3)c1. The van der Waals surface area contributed by atoms with Crippen molar-refractivity contribution in [3.8, 4) is 11.3 Å². The minimum atomic E-state index is 1.02. The quantitative estimate of drug-likeness (QED) is 0.811. The predicted octanol–water partition coefficient (Wildman–Crippen LogP) is 2.98. The molecule has 2 aromatic rings. The zero-order valence-electron chi connectivity index (χ0n) is 10.3. The van der Waals surface area contributed by atoms with E-state index in [1.54, 1.807) is 0 Å². The van der Waals surface area contributed by atoms with Gasteiger partial charge < -0.3 is 9.88 Å². The van der Waals surface area contributed by atoms with E-state index in [1.165, 1.54) is 23.2 Å². The van der Waals surface area contributed by atoms with Gasteiger partial charge in [0.15, 0.2) is 0 Å². The third-order valence-corrected chi connectivity index (χ3v) is 3.35. The molecule has 0 spiro atoms. The van der Waals surface area contributed by atoms with Crippen LogP contribution >= 0.6 is 0 Å². The molecular formula is C14H17N3. The number of rotatable bonds is 1. The first-order valence-electron chi connectivity index (χ1n) is 6.14. The number of hydrogen-bond donors (Lipinski definition) is 1. The minimum absolute atomic E-state index is 1.02. The molecule has 2 heterocycles. The summed E-state index contributed by atoms with van der Waals surface area (Å²) in [6.45, 7) is 6.38. The van der Waals surface area contributed by atoms with Crippen LogP contribution in [-0.2, 0) is 6.54 Å². The van der Waals surface area contributed by atoms with Gasteiger partial charge in [-0.25, -0.2) is 4.98 Å². The predicted molar refractivity (Wildman–Crippen MR) is 70.2 cm³/mol. The Labute approximate surface area is 101 Å². The van der Waals surface area contributed by atoms with Crippen LogP contribution in [0, 0.1) is 13.8 Å². The molecule has 1 aromatic carbocycles. The van der Waals surface area contributed by atoms with Gasteiger partial charge in [-0.15, -0.1) is 0 Å². The molecule has 3 heteroatoms. The highest BCUT2D eigenvalue weighted by Gasteiger charge is 2.17. The first-order valence-corrected chi connectivity index (χ1v) is 6.14. The second-order valence-electron chi connectivity index (χ2n) is 4.67. The standard InChI is InChI=1S/C14H17N3/c1-10-5-3-6-12(9-10)13-11(2)17-8-4-7-15-14(17)16-13/h3,5-6,9H,4,7-8H2,1-2H3,(H,15,16). The lowest BCUT2D eigenvalue weighted by Crippen LogP contribution is -2.17. The molecule has 1 aliphatic heterocycles. The first-order chi connectivity index (χ1) is 8.25. The van der Waals surface area contributed by atoms with E-state index in [-0.39, 0.29) is 0 Å². The third kappa shape index (κ3) is 1.71. The van der Waals surface area contributed by atoms with Crippen LogP contribution in [-0.4, -0.2) is 16.1 Å². The zero-order chi connectivity index (χ0) is 11.8. The molecule has 88 valence electrons. The Morgan fingerprint density at radius 3 is 2.94 bits per heavy atom. The fraction of sp³-hybridized carbons (Fsp3) is 0.357. The molecule has 1 N–H and O–H groups in total. The number of aromatic nitrogens is 2. The molecule has 0 atom stereocenters. The van der Waals surface area contributed by atoms with Crippen molar-refractivity contribution in [3.63, 3.8) is 0 Å². The molecule has 0 fully saturated rings. The molecule has 0 aliphatic carbocycles. The summed E-state index contributed by atoms with van der Waals surface area (Å²) >= 11 is 0. The minimum Gasteiger partial charge on any atom is -0.356 e. The molecular weight excluding hydrogens is 210 g/mol. The van der Waals surface area contributed by atoms with Gasteiger partial charge in [-0.2, -0.15) is 0 Å². The van der Waals surface area contributed by atoms with Crippen LogP contribution in [0.25, 0.3) is 11.3 Å². The van der Waals surface area contributed by atoms with Crippen molar-refractivity contribution < 1.29 is 0 Å². The van der Waals surface area contributed by atoms with Gasteiger partial charge >= 0.3 is 0 Å². The molecule has 0 amide bonds. The first kappa shape index (κ1) is 10.4. The molecule has 17 heavy (non-hydrogen) atoms. The van der Waals surface area contributed by atoms with Crippen molar-refractivity contribution in [1.82, 2.24) is 9.55 Å². The van der Waals surface area contributed by atoms with E-state index in [0.717, 1.165) is 24.7 Å². The Morgan fingerprint density at radius 2 is 2.18 bits per heavy atom. The van der Waals surface area contributed by atoms with Gasteiger partial charge in [0.2, 0.25) is 5.95 Å². The van der Waals surface area contributed by atoms with Crippen molar-refractivity contribution in [3.05, 3.63) is 35.5 Å². The summed E-state index contributed by atoms with van der Waals surface area (Å²) < 4.78 is 2.28.